The van der Waals surface area contributed by atoms with Gasteiger partial charge < -0.3 is 4.79 Å². The first kappa shape index (κ1) is 17.4. The zero-order chi connectivity index (χ0) is 16.9. The maximum absolute atomic E-state index is 12.8. The minimum Gasteiger partial charge on any atom is -0.303 e. The van der Waals surface area contributed by atoms with Crippen molar-refractivity contribution in [1.29, 1.82) is 0 Å². The number of hydrogen-bond donors (Lipinski definition) is 0. The molecule has 5 nitrogen and oxygen atoms in total. The fourth-order valence-corrected chi connectivity index (χ4v) is 6.78. The summed E-state index contributed by atoms with van der Waals surface area (Å²) in [6, 6.07) is 14.8. The summed E-state index contributed by atoms with van der Waals surface area (Å²) >= 11 is 0. The van der Waals surface area contributed by atoms with E-state index in [1.807, 2.05) is 0 Å². The van der Waals surface area contributed by atoms with Gasteiger partial charge in [-0.1, -0.05) is 36.4 Å². The lowest BCUT2D eigenvalue weighted by molar-refractivity contribution is -0.107. The second-order valence-electron chi connectivity index (χ2n) is 4.89. The zero-order valence-electron chi connectivity index (χ0n) is 12.2. The molecule has 0 fully saturated rings. The Labute approximate surface area is 135 Å². The van der Waals surface area contributed by atoms with Crippen LogP contribution in [0, 0.1) is 0 Å². The minimum atomic E-state index is -4.13. The third-order valence-corrected chi connectivity index (χ3v) is 8.59. The number of carbonyl (C=O) groups excluding carboxylic acids is 1. The molecule has 0 aromatic heterocycles. The van der Waals surface area contributed by atoms with Crippen LogP contribution in [-0.2, 0) is 24.5 Å². The van der Waals surface area contributed by atoms with Crippen molar-refractivity contribution in [3.8, 4) is 0 Å². The fraction of sp³-hybridized carbons (Fsp3) is 0.188. The fourth-order valence-electron chi connectivity index (χ4n) is 2.21. The maximum Gasteiger partial charge on any atom is 0.195 e. The SMILES string of the molecule is O=CCCC(S(=O)(=O)c1ccccc1)S(=O)(=O)c1ccccc1. The minimum absolute atomic E-state index is 0.0737. The molecular weight excluding hydrogens is 336 g/mol. The van der Waals surface area contributed by atoms with Gasteiger partial charge in [0.25, 0.3) is 0 Å². The first-order valence-electron chi connectivity index (χ1n) is 6.92. The maximum atomic E-state index is 12.8. The Hall–Kier alpha value is -1.99. The molecule has 0 aliphatic heterocycles. The Kier molecular flexibility index (Phi) is 5.33. The van der Waals surface area contributed by atoms with Crippen molar-refractivity contribution in [1.82, 2.24) is 0 Å². The van der Waals surface area contributed by atoms with Crippen LogP contribution in [0.1, 0.15) is 12.8 Å². The van der Waals surface area contributed by atoms with Gasteiger partial charge in [-0.25, -0.2) is 16.8 Å². The summed E-state index contributed by atoms with van der Waals surface area (Å²) in [5.41, 5.74) is 0. The second kappa shape index (κ2) is 7.06. The number of sulfone groups is 2. The smallest absolute Gasteiger partial charge is 0.195 e. The highest BCUT2D eigenvalue weighted by Crippen LogP contribution is 2.28. The summed E-state index contributed by atoms with van der Waals surface area (Å²) in [7, 11) is -8.25. The van der Waals surface area contributed by atoms with Gasteiger partial charge in [-0.3, -0.25) is 0 Å². The molecule has 0 aliphatic rings. The van der Waals surface area contributed by atoms with Crippen molar-refractivity contribution in [3.05, 3.63) is 60.7 Å². The molecule has 7 heteroatoms. The van der Waals surface area contributed by atoms with E-state index in [9.17, 15) is 21.6 Å². The van der Waals surface area contributed by atoms with E-state index < -0.39 is 24.3 Å². The predicted octanol–water partition coefficient (Wildman–Crippen LogP) is 2.24. The largest absolute Gasteiger partial charge is 0.303 e. The second-order valence-corrected chi connectivity index (χ2v) is 9.45. The van der Waals surface area contributed by atoms with Crippen molar-refractivity contribution < 1.29 is 21.6 Å². The van der Waals surface area contributed by atoms with Crippen LogP contribution >= 0.6 is 0 Å². The average Bonchev–Trinajstić information content (AvgIpc) is 2.56. The van der Waals surface area contributed by atoms with E-state index >= 15 is 0 Å². The summed E-state index contributed by atoms with van der Waals surface area (Å²) in [4.78, 5) is 10.5. The molecular formula is C16H16O5S2. The summed E-state index contributed by atoms with van der Waals surface area (Å²) in [6.07, 6.45) is 0.0920. The Morgan fingerprint density at radius 3 is 1.48 bits per heavy atom. The number of carbonyl (C=O) groups is 1. The molecule has 2 rings (SSSR count). The van der Waals surface area contributed by atoms with Crippen LogP contribution in [0.5, 0.6) is 0 Å². The topological polar surface area (TPSA) is 85.3 Å². The van der Waals surface area contributed by atoms with Crippen LogP contribution in [0.2, 0.25) is 0 Å². The van der Waals surface area contributed by atoms with Crippen LogP contribution in [0.4, 0.5) is 0 Å². The molecule has 0 bridgehead atoms. The molecule has 0 spiro atoms. The van der Waals surface area contributed by atoms with Crippen LogP contribution in [0.15, 0.2) is 70.5 Å². The van der Waals surface area contributed by atoms with Crippen molar-refractivity contribution in [3.63, 3.8) is 0 Å². The standard InChI is InChI=1S/C16H16O5S2/c17-13-7-12-16(22(18,19)14-8-3-1-4-9-14)23(20,21)15-10-5-2-6-11-15/h1-6,8-11,13,16H,7,12H2. The highest BCUT2D eigenvalue weighted by Gasteiger charge is 2.39. The van der Waals surface area contributed by atoms with Crippen LogP contribution in [0.3, 0.4) is 0 Å². The molecule has 0 aliphatic carbocycles. The number of rotatable bonds is 7. The van der Waals surface area contributed by atoms with E-state index in [0.29, 0.717) is 6.29 Å². The molecule has 0 saturated carbocycles. The quantitative estimate of drug-likeness (QED) is 0.713. The van der Waals surface area contributed by atoms with Gasteiger partial charge in [-0.2, -0.15) is 0 Å². The van der Waals surface area contributed by atoms with Gasteiger partial charge in [-0.15, -0.1) is 0 Å². The van der Waals surface area contributed by atoms with Gasteiger partial charge in [0.2, 0.25) is 0 Å². The molecule has 0 amide bonds. The monoisotopic (exact) mass is 352 g/mol. The zero-order valence-corrected chi connectivity index (χ0v) is 13.8. The molecule has 0 saturated heterocycles. The first-order valence-corrected chi connectivity index (χ1v) is 10.0. The number of aldehydes is 1. The van der Waals surface area contributed by atoms with Gasteiger partial charge in [0.15, 0.2) is 24.3 Å². The highest BCUT2D eigenvalue weighted by molar-refractivity contribution is 8.09. The van der Waals surface area contributed by atoms with E-state index in [2.05, 4.69) is 0 Å². The first-order chi connectivity index (χ1) is 10.9. The van der Waals surface area contributed by atoms with Crippen LogP contribution in [0.25, 0.3) is 0 Å². The van der Waals surface area contributed by atoms with Crippen molar-refractivity contribution >= 4 is 26.0 Å². The summed E-state index contributed by atoms with van der Waals surface area (Å²) in [5.74, 6) is 0. The third-order valence-electron chi connectivity index (χ3n) is 3.36. The van der Waals surface area contributed by atoms with E-state index in [-0.39, 0.29) is 22.6 Å². The summed E-state index contributed by atoms with van der Waals surface area (Å²) in [5, 5.41) is 0. The van der Waals surface area contributed by atoms with Gasteiger partial charge in [0.05, 0.1) is 9.79 Å². The molecule has 122 valence electrons. The van der Waals surface area contributed by atoms with Crippen LogP contribution < -0.4 is 0 Å². The molecule has 0 radical (unpaired) electrons. The Bertz CT molecular complexity index is 788. The van der Waals surface area contributed by atoms with Gasteiger partial charge in [-0.05, 0) is 30.7 Å². The molecule has 0 heterocycles. The molecule has 2 aromatic rings. The Morgan fingerprint density at radius 1 is 0.739 bits per heavy atom. The lowest BCUT2D eigenvalue weighted by atomic mass is 10.4. The van der Waals surface area contributed by atoms with Crippen LogP contribution in [-0.4, -0.2) is 27.7 Å². The van der Waals surface area contributed by atoms with Gasteiger partial charge >= 0.3 is 0 Å². The average molecular weight is 352 g/mol. The molecule has 0 N–H and O–H groups in total. The van der Waals surface area contributed by atoms with Crippen molar-refractivity contribution in [2.75, 3.05) is 0 Å². The van der Waals surface area contributed by atoms with Gasteiger partial charge in [0, 0.05) is 6.42 Å². The lowest BCUT2D eigenvalue weighted by Gasteiger charge is -2.17. The number of hydrogen-bond acceptors (Lipinski definition) is 5. The van der Waals surface area contributed by atoms with Gasteiger partial charge in [0.1, 0.15) is 6.29 Å². The Morgan fingerprint density at radius 2 is 1.13 bits per heavy atom. The van der Waals surface area contributed by atoms with E-state index in [1.165, 1.54) is 48.5 Å². The highest BCUT2D eigenvalue weighted by atomic mass is 32.3. The molecule has 0 unspecified atom stereocenters. The third kappa shape index (κ3) is 3.68. The van der Waals surface area contributed by atoms with E-state index in [1.54, 1.807) is 12.1 Å². The molecule has 2 aromatic carbocycles. The Balaban J connectivity index is 2.56. The predicted molar refractivity (Wildman–Crippen MR) is 86.3 cm³/mol. The number of benzene rings is 2. The van der Waals surface area contributed by atoms with E-state index in [0.717, 1.165) is 0 Å². The summed E-state index contributed by atoms with van der Waals surface area (Å²) in [6.45, 7) is 0. The normalized spacial score (nSPS) is 12.2. The molecule has 23 heavy (non-hydrogen) atoms. The van der Waals surface area contributed by atoms with E-state index in [4.69, 9.17) is 0 Å². The lowest BCUT2D eigenvalue weighted by Crippen LogP contribution is -2.31. The van der Waals surface area contributed by atoms with Crippen molar-refractivity contribution in [2.24, 2.45) is 0 Å². The summed E-state index contributed by atoms with van der Waals surface area (Å²) < 4.78 is 49.4. The molecule has 0 atom stereocenters. The van der Waals surface area contributed by atoms with Crippen molar-refractivity contribution in [2.45, 2.75) is 27.2 Å².